The van der Waals surface area contributed by atoms with Gasteiger partial charge in [-0.3, -0.25) is 38.4 Å². The molecular formula is C54H68N10O13. The molecule has 0 radical (unpaired) electrons. The van der Waals surface area contributed by atoms with Crippen LogP contribution < -0.4 is 43.0 Å². The summed E-state index contributed by atoms with van der Waals surface area (Å²) in [6, 6.07) is 9.90. The highest BCUT2D eigenvalue weighted by molar-refractivity contribution is 6.02. The molecule has 23 heteroatoms. The Morgan fingerprint density at radius 2 is 1.21 bits per heavy atom. The van der Waals surface area contributed by atoms with Gasteiger partial charge in [0.1, 0.15) is 48.3 Å². The topological polar surface area (TPSA) is 306 Å². The van der Waals surface area contributed by atoms with Gasteiger partial charge in [-0.25, -0.2) is 19.4 Å². The smallest absolute Gasteiger partial charge is 0.338 e. The second kappa shape index (κ2) is 31.2. The summed E-state index contributed by atoms with van der Waals surface area (Å²) in [4.78, 5) is 149. The second-order valence-corrected chi connectivity index (χ2v) is 17.9. The molecule has 0 fully saturated rings. The number of hydrogen-bond acceptors (Lipinski definition) is 14. The van der Waals surface area contributed by atoms with E-state index in [1.54, 1.807) is 58.2 Å². The van der Waals surface area contributed by atoms with Crippen LogP contribution in [0.15, 0.2) is 113 Å². The van der Waals surface area contributed by atoms with Gasteiger partial charge in [-0.15, -0.1) is 0 Å². The molecule has 4 atom stereocenters. The summed E-state index contributed by atoms with van der Waals surface area (Å²) in [6.45, 7) is 8.79. The monoisotopic (exact) mass is 1060 g/mol. The van der Waals surface area contributed by atoms with Crippen molar-refractivity contribution in [2.45, 2.75) is 111 Å². The predicted molar refractivity (Wildman–Crippen MR) is 284 cm³/mol. The van der Waals surface area contributed by atoms with Crippen LogP contribution in [-0.2, 0) is 63.2 Å². The van der Waals surface area contributed by atoms with Crippen LogP contribution in [0.25, 0.3) is 0 Å². The van der Waals surface area contributed by atoms with Crippen LogP contribution in [0.1, 0.15) is 100 Å². The largest absolute Gasteiger partial charge is 0.463 e. The van der Waals surface area contributed by atoms with Gasteiger partial charge in [0.25, 0.3) is 22.9 Å². The summed E-state index contributed by atoms with van der Waals surface area (Å²) in [5.41, 5.74) is -1.43. The van der Waals surface area contributed by atoms with E-state index >= 15 is 0 Å². The van der Waals surface area contributed by atoms with Gasteiger partial charge in [0.05, 0.1) is 19.1 Å². The molecule has 0 bridgehead atoms. The molecule has 77 heavy (non-hydrogen) atoms. The average molecular weight is 1070 g/mol. The van der Waals surface area contributed by atoms with Crippen molar-refractivity contribution in [3.63, 3.8) is 0 Å². The zero-order valence-corrected chi connectivity index (χ0v) is 44.1. The fourth-order valence-corrected chi connectivity index (χ4v) is 7.49. The summed E-state index contributed by atoms with van der Waals surface area (Å²) in [6.07, 6.45) is 12.5. The lowest BCUT2D eigenvalue weighted by Gasteiger charge is -2.22. The van der Waals surface area contributed by atoms with E-state index in [0.717, 1.165) is 28.1 Å². The molecule has 4 rings (SSSR count). The van der Waals surface area contributed by atoms with E-state index in [4.69, 9.17) is 9.47 Å². The maximum absolute atomic E-state index is 13.7. The zero-order chi connectivity index (χ0) is 56.4. The number of aryl methyl sites for hydroxylation is 1. The number of carbonyl (C=O) groups is 9. The number of hydrogen-bond donors (Lipinski definition) is 6. The number of allylic oxidation sites excluding steroid dienone is 2. The maximum Gasteiger partial charge on any atom is 0.338 e. The van der Waals surface area contributed by atoms with E-state index < -0.39 is 89.2 Å². The summed E-state index contributed by atoms with van der Waals surface area (Å²) >= 11 is 0. The molecule has 412 valence electrons. The number of ether oxygens (including phenoxy) is 2. The molecule has 0 aliphatic rings. The molecule has 3 heterocycles. The van der Waals surface area contributed by atoms with E-state index in [2.05, 4.69) is 36.9 Å². The van der Waals surface area contributed by atoms with Gasteiger partial charge in [-0.05, 0) is 80.8 Å². The van der Waals surface area contributed by atoms with Gasteiger partial charge in [-0.1, -0.05) is 77.3 Å². The first-order valence-corrected chi connectivity index (χ1v) is 25.3. The Bertz CT molecular complexity index is 2890. The fraction of sp³-hybridized carbons (Fsp3) is 0.407. The summed E-state index contributed by atoms with van der Waals surface area (Å²) in [5, 5.41) is 15.7. The van der Waals surface area contributed by atoms with Crippen LogP contribution in [0.2, 0.25) is 0 Å². The first-order valence-electron chi connectivity index (χ1n) is 25.3. The number of anilines is 2. The number of aromatic nitrogens is 4. The van der Waals surface area contributed by atoms with Gasteiger partial charge >= 0.3 is 17.9 Å². The molecule has 0 saturated heterocycles. The van der Waals surface area contributed by atoms with Crippen LogP contribution >= 0.6 is 0 Å². The standard InChI is InChI=1S/C54H68N10O13/c1-7-35(5)47(61-44(66)33-64-29-19-25-41(53(64)74)59-49(70)38(22-14-16-26-45(67)76-10-4)57-48(69)37-20-12-11-13-21-37)54(75)77-46(68)27-17-15-23-39(58-51(72)42-31-55-34-62(42)6)50(71)60-40-24-18-28-63(52(40)73)32-43(65)56-30-36(8-2)9-3/h11-13,16-21,24-29,31,34-36,38-39,47H,7-10,14-15,22-23,30,32-33H2,1-6H3,(H,56,65)(H,57,69)(H,58,72)(H,59,70)(H,60,71)(H,61,66)/b26-16+,27-17?/t35-,38+,39?,47+/m1/s1. The van der Waals surface area contributed by atoms with Crippen molar-refractivity contribution in [3.8, 4) is 0 Å². The summed E-state index contributed by atoms with van der Waals surface area (Å²) in [7, 11) is 1.58. The minimum absolute atomic E-state index is 0.0278. The first kappa shape index (κ1) is 60.8. The van der Waals surface area contributed by atoms with E-state index in [9.17, 15) is 52.7 Å². The Morgan fingerprint density at radius 3 is 1.73 bits per heavy atom. The lowest BCUT2D eigenvalue weighted by molar-refractivity contribution is -0.160. The first-order chi connectivity index (χ1) is 36.9. The molecule has 6 amide bonds. The van der Waals surface area contributed by atoms with Crippen LogP contribution in [0, 0.1) is 11.8 Å². The molecule has 1 unspecified atom stereocenters. The van der Waals surface area contributed by atoms with Gasteiger partial charge in [0.2, 0.25) is 23.6 Å². The highest BCUT2D eigenvalue weighted by Crippen LogP contribution is 2.13. The molecule has 0 spiro atoms. The zero-order valence-electron chi connectivity index (χ0n) is 44.1. The third-order valence-corrected chi connectivity index (χ3v) is 12.3. The van der Waals surface area contributed by atoms with Crippen LogP contribution in [0.4, 0.5) is 11.4 Å². The number of nitrogens with one attached hydrogen (secondary N) is 6. The number of benzene rings is 1. The summed E-state index contributed by atoms with van der Waals surface area (Å²) < 4.78 is 13.5. The van der Waals surface area contributed by atoms with Gasteiger partial charge in [0.15, 0.2) is 0 Å². The molecule has 4 aromatic rings. The Balaban J connectivity index is 1.39. The second-order valence-electron chi connectivity index (χ2n) is 17.9. The Hall–Kier alpha value is -8.76. The van der Waals surface area contributed by atoms with E-state index in [0.29, 0.717) is 13.0 Å². The predicted octanol–water partition coefficient (Wildman–Crippen LogP) is 3.31. The van der Waals surface area contributed by atoms with Crippen LogP contribution in [0.5, 0.6) is 0 Å². The maximum atomic E-state index is 13.7. The highest BCUT2D eigenvalue weighted by atomic mass is 16.6. The number of carbonyl (C=O) groups excluding carboxylic acids is 9. The lowest BCUT2D eigenvalue weighted by atomic mass is 9.99. The Labute approximate surface area is 445 Å². The molecule has 0 aliphatic carbocycles. The third kappa shape index (κ3) is 19.5. The van der Waals surface area contributed by atoms with Gasteiger partial charge < -0.3 is 55.1 Å². The number of imidazole rings is 1. The molecule has 0 saturated carbocycles. The van der Waals surface area contributed by atoms with Crippen molar-refractivity contribution in [3.05, 3.63) is 136 Å². The van der Waals surface area contributed by atoms with E-state index in [1.807, 2.05) is 13.8 Å². The quantitative estimate of drug-likeness (QED) is 0.0258. The van der Waals surface area contributed by atoms with Crippen molar-refractivity contribution < 1.29 is 52.6 Å². The number of pyridine rings is 2. The Kier molecular flexibility index (Phi) is 24.6. The van der Waals surface area contributed by atoms with Crippen molar-refractivity contribution in [2.24, 2.45) is 18.9 Å². The number of rotatable bonds is 29. The summed E-state index contributed by atoms with van der Waals surface area (Å²) in [5.74, 6) is -7.02. The minimum atomic E-state index is -1.35. The molecule has 23 nitrogen and oxygen atoms in total. The number of amides is 6. The van der Waals surface area contributed by atoms with Crippen molar-refractivity contribution in [1.29, 1.82) is 0 Å². The lowest BCUT2D eigenvalue weighted by Crippen LogP contribution is -2.48. The van der Waals surface area contributed by atoms with Crippen LogP contribution in [0.3, 0.4) is 0 Å². The average Bonchev–Trinajstić information content (AvgIpc) is 3.85. The minimum Gasteiger partial charge on any atom is -0.463 e. The molecule has 6 N–H and O–H groups in total. The van der Waals surface area contributed by atoms with Gasteiger partial charge in [0, 0.05) is 43.7 Å². The van der Waals surface area contributed by atoms with Crippen molar-refractivity contribution >= 4 is 64.7 Å². The number of esters is 3. The van der Waals surface area contributed by atoms with E-state index in [1.165, 1.54) is 72.0 Å². The van der Waals surface area contributed by atoms with E-state index in [-0.39, 0.29) is 73.3 Å². The molecule has 3 aromatic heterocycles. The van der Waals surface area contributed by atoms with Gasteiger partial charge in [-0.2, -0.15) is 0 Å². The molecule has 1 aromatic carbocycles. The fourth-order valence-electron chi connectivity index (χ4n) is 7.49. The molecular weight excluding hydrogens is 997 g/mol. The van der Waals surface area contributed by atoms with Crippen LogP contribution in [-0.4, -0.2) is 103 Å². The van der Waals surface area contributed by atoms with Crippen molar-refractivity contribution in [2.75, 3.05) is 23.8 Å². The Morgan fingerprint density at radius 1 is 0.662 bits per heavy atom. The normalized spacial score (nSPS) is 12.7. The highest BCUT2D eigenvalue weighted by Gasteiger charge is 2.30. The molecule has 0 aliphatic heterocycles. The SMILES string of the molecule is CCOC(=O)/C=C/CC[C@H](NC(=O)c1ccccc1)C(=O)Nc1cccn(CC(=O)N[C@H](C(=O)OC(=O)C=CCCC(NC(=O)c2cncn2C)C(=O)Nc2cccn(CC(=O)NCC(CC)CC)c2=O)[C@H](C)CC)c1=O. The van der Waals surface area contributed by atoms with Crippen molar-refractivity contribution in [1.82, 2.24) is 40.0 Å². The number of nitrogens with zero attached hydrogens (tertiary/aromatic N) is 4. The third-order valence-electron chi connectivity index (χ3n) is 12.3.